The first-order chi connectivity index (χ1) is 5.94. The molecule has 0 amide bonds. The van der Waals surface area contributed by atoms with Crippen LogP contribution in [-0.4, -0.2) is 0 Å². The van der Waals surface area contributed by atoms with Crippen molar-refractivity contribution in [3.8, 4) is 0 Å². The minimum atomic E-state index is 0.533. The van der Waals surface area contributed by atoms with Crippen LogP contribution >= 0.6 is 0 Å². The fourth-order valence-corrected chi connectivity index (χ4v) is 2.07. The van der Waals surface area contributed by atoms with Crippen LogP contribution in [0.25, 0.3) is 0 Å². The largest absolute Gasteiger partial charge is 0.0654 e. The van der Waals surface area contributed by atoms with Gasteiger partial charge in [0.25, 0.3) is 0 Å². The molecule has 0 spiro atoms. The van der Waals surface area contributed by atoms with Crippen molar-refractivity contribution in [2.45, 2.75) is 67.2 Å². The van der Waals surface area contributed by atoms with Gasteiger partial charge in [-0.1, -0.05) is 60.8 Å². The summed E-state index contributed by atoms with van der Waals surface area (Å²) in [6.07, 6.45) is 5.40. The van der Waals surface area contributed by atoms with Gasteiger partial charge in [0.2, 0.25) is 0 Å². The predicted molar refractivity (Wildman–Crippen MR) is 61.9 cm³/mol. The Hall–Kier alpha value is 0. The molecule has 0 fully saturated rings. The number of rotatable bonds is 6. The molecule has 0 aromatic rings. The maximum Gasteiger partial charge on any atom is -0.0326 e. The van der Waals surface area contributed by atoms with Crippen molar-refractivity contribution < 1.29 is 0 Å². The second kappa shape index (κ2) is 5.67. The Balaban J connectivity index is 4.04. The summed E-state index contributed by atoms with van der Waals surface area (Å²) in [6, 6.07) is 0. The molecule has 0 rings (SSSR count). The van der Waals surface area contributed by atoms with Crippen molar-refractivity contribution in [3.63, 3.8) is 0 Å². The molecule has 0 heterocycles. The summed E-state index contributed by atoms with van der Waals surface area (Å²) >= 11 is 0. The second-order valence-corrected chi connectivity index (χ2v) is 5.40. The van der Waals surface area contributed by atoms with Crippen molar-refractivity contribution in [2.75, 3.05) is 0 Å². The molecular weight excluding hydrogens is 156 g/mol. The van der Waals surface area contributed by atoms with E-state index in [1.807, 2.05) is 0 Å². The predicted octanol–water partition coefficient (Wildman–Crippen LogP) is 4.89. The van der Waals surface area contributed by atoms with E-state index in [0.717, 1.165) is 11.8 Å². The van der Waals surface area contributed by atoms with E-state index < -0.39 is 0 Å². The number of hydrogen-bond acceptors (Lipinski definition) is 0. The Morgan fingerprint density at radius 3 is 2.00 bits per heavy atom. The lowest BCUT2D eigenvalue weighted by Crippen LogP contribution is -2.24. The second-order valence-electron chi connectivity index (χ2n) is 5.40. The van der Waals surface area contributed by atoms with E-state index in [2.05, 4.69) is 41.5 Å². The average molecular weight is 184 g/mol. The normalized spacial score (nSPS) is 17.1. The van der Waals surface area contributed by atoms with Gasteiger partial charge in [-0.2, -0.15) is 0 Å². The summed E-state index contributed by atoms with van der Waals surface area (Å²) in [5.74, 6) is 1.75. The molecule has 2 unspecified atom stereocenters. The van der Waals surface area contributed by atoms with E-state index >= 15 is 0 Å². The summed E-state index contributed by atoms with van der Waals surface area (Å²) in [6.45, 7) is 14.2. The molecule has 13 heavy (non-hydrogen) atoms. The molecular formula is C13H28. The van der Waals surface area contributed by atoms with Crippen molar-refractivity contribution in [2.24, 2.45) is 17.3 Å². The summed E-state index contributed by atoms with van der Waals surface area (Å²) in [5, 5.41) is 0. The van der Waals surface area contributed by atoms with Crippen LogP contribution in [0.3, 0.4) is 0 Å². The van der Waals surface area contributed by atoms with Gasteiger partial charge in [-0.05, 0) is 23.7 Å². The smallest absolute Gasteiger partial charge is 0.0326 e. The van der Waals surface area contributed by atoms with E-state index in [9.17, 15) is 0 Å². The third-order valence-electron chi connectivity index (χ3n) is 3.63. The van der Waals surface area contributed by atoms with Gasteiger partial charge in [0, 0.05) is 0 Å². The molecule has 0 aliphatic carbocycles. The summed E-state index contributed by atoms with van der Waals surface area (Å²) in [7, 11) is 0. The molecule has 0 saturated carbocycles. The van der Waals surface area contributed by atoms with Gasteiger partial charge in [0.15, 0.2) is 0 Å². The van der Waals surface area contributed by atoms with Crippen molar-refractivity contribution >= 4 is 0 Å². The Morgan fingerprint density at radius 2 is 1.62 bits per heavy atom. The van der Waals surface area contributed by atoms with Crippen molar-refractivity contribution in [1.29, 1.82) is 0 Å². The molecule has 0 saturated heterocycles. The quantitative estimate of drug-likeness (QED) is 0.551. The van der Waals surface area contributed by atoms with E-state index in [-0.39, 0.29) is 0 Å². The van der Waals surface area contributed by atoms with Crippen molar-refractivity contribution in [1.82, 2.24) is 0 Å². The maximum atomic E-state index is 2.43. The van der Waals surface area contributed by atoms with Crippen LogP contribution in [0, 0.1) is 17.3 Å². The van der Waals surface area contributed by atoms with E-state index in [4.69, 9.17) is 0 Å². The monoisotopic (exact) mass is 184 g/mol. The Kier molecular flexibility index (Phi) is 5.67. The topological polar surface area (TPSA) is 0 Å². The Bertz CT molecular complexity index is 124. The molecule has 0 heteroatoms. The maximum absolute atomic E-state index is 2.43. The fraction of sp³-hybridized carbons (Fsp3) is 1.00. The SMILES string of the molecule is CCCC(C)C(C)(C)CC(C)CC. The highest BCUT2D eigenvalue weighted by molar-refractivity contribution is 4.76. The molecule has 0 aromatic heterocycles. The first-order valence-electron chi connectivity index (χ1n) is 5.94. The third-order valence-corrected chi connectivity index (χ3v) is 3.63. The molecule has 2 atom stereocenters. The molecule has 0 nitrogen and oxygen atoms in total. The third kappa shape index (κ3) is 4.69. The zero-order chi connectivity index (χ0) is 10.5. The first-order valence-corrected chi connectivity index (χ1v) is 5.94. The van der Waals surface area contributed by atoms with E-state index in [1.165, 1.54) is 25.7 Å². The Labute approximate surface area is 85.1 Å². The summed E-state index contributed by atoms with van der Waals surface area (Å²) < 4.78 is 0. The molecule has 0 bridgehead atoms. The van der Waals surface area contributed by atoms with Crippen LogP contribution in [0.4, 0.5) is 0 Å². The highest BCUT2D eigenvalue weighted by Crippen LogP contribution is 2.36. The minimum absolute atomic E-state index is 0.533. The van der Waals surface area contributed by atoms with E-state index in [1.54, 1.807) is 0 Å². The van der Waals surface area contributed by atoms with Gasteiger partial charge in [-0.25, -0.2) is 0 Å². The average Bonchev–Trinajstić information content (AvgIpc) is 2.04. The lowest BCUT2D eigenvalue weighted by atomic mass is 9.72. The van der Waals surface area contributed by atoms with Gasteiger partial charge in [-0.15, -0.1) is 0 Å². The van der Waals surface area contributed by atoms with E-state index in [0.29, 0.717) is 5.41 Å². The number of hydrogen-bond donors (Lipinski definition) is 0. The van der Waals surface area contributed by atoms with Crippen LogP contribution in [0.5, 0.6) is 0 Å². The zero-order valence-corrected chi connectivity index (χ0v) is 10.5. The standard InChI is InChI=1S/C13H28/c1-7-9-12(4)13(5,6)10-11(3)8-2/h11-12H,7-10H2,1-6H3. The van der Waals surface area contributed by atoms with Gasteiger partial charge < -0.3 is 0 Å². The van der Waals surface area contributed by atoms with Gasteiger partial charge in [0.1, 0.15) is 0 Å². The lowest BCUT2D eigenvalue weighted by Gasteiger charge is -2.34. The molecule has 0 radical (unpaired) electrons. The lowest BCUT2D eigenvalue weighted by molar-refractivity contribution is 0.167. The van der Waals surface area contributed by atoms with Gasteiger partial charge >= 0.3 is 0 Å². The van der Waals surface area contributed by atoms with Crippen LogP contribution < -0.4 is 0 Å². The molecule has 0 N–H and O–H groups in total. The van der Waals surface area contributed by atoms with Crippen molar-refractivity contribution in [3.05, 3.63) is 0 Å². The van der Waals surface area contributed by atoms with Crippen LogP contribution in [-0.2, 0) is 0 Å². The summed E-state index contributed by atoms with van der Waals surface area (Å²) in [5.41, 5.74) is 0.533. The first kappa shape index (κ1) is 13.0. The molecule has 80 valence electrons. The summed E-state index contributed by atoms with van der Waals surface area (Å²) in [4.78, 5) is 0. The van der Waals surface area contributed by atoms with Gasteiger partial charge in [0.05, 0.1) is 0 Å². The zero-order valence-electron chi connectivity index (χ0n) is 10.5. The molecule has 0 aliphatic rings. The highest BCUT2D eigenvalue weighted by Gasteiger charge is 2.26. The molecule has 0 aliphatic heterocycles. The fourth-order valence-electron chi connectivity index (χ4n) is 2.07. The van der Waals surface area contributed by atoms with Crippen LogP contribution in [0.15, 0.2) is 0 Å². The van der Waals surface area contributed by atoms with Gasteiger partial charge in [-0.3, -0.25) is 0 Å². The van der Waals surface area contributed by atoms with Crippen LogP contribution in [0.2, 0.25) is 0 Å². The Morgan fingerprint density at radius 1 is 1.08 bits per heavy atom. The van der Waals surface area contributed by atoms with Crippen LogP contribution in [0.1, 0.15) is 67.2 Å². The molecule has 0 aromatic carbocycles. The highest BCUT2D eigenvalue weighted by atomic mass is 14.3. The minimum Gasteiger partial charge on any atom is -0.0654 e.